The van der Waals surface area contributed by atoms with Crippen molar-refractivity contribution in [3.63, 3.8) is 0 Å². The van der Waals surface area contributed by atoms with E-state index >= 15 is 0 Å². The highest BCUT2D eigenvalue weighted by atomic mass is 15.3. The maximum Gasteiger partial charge on any atom is 0.215 e. The molecule has 7 rings (SSSR count). The van der Waals surface area contributed by atoms with Gasteiger partial charge in [0.05, 0.1) is 17.6 Å². The molecule has 1 aromatic heterocycles. The lowest BCUT2D eigenvalue weighted by Crippen LogP contribution is -2.35. The third-order valence-corrected chi connectivity index (χ3v) is 7.95. The fourth-order valence-electron chi connectivity index (χ4n) is 6.12. The number of hydrogen-bond donors (Lipinski definition) is 0. The molecule has 38 heavy (non-hydrogen) atoms. The molecule has 0 N–H and O–H groups in total. The van der Waals surface area contributed by atoms with Crippen molar-refractivity contribution in [3.05, 3.63) is 139 Å². The molecule has 0 fully saturated rings. The van der Waals surface area contributed by atoms with Crippen LogP contribution in [0.5, 0.6) is 0 Å². The maximum atomic E-state index is 5.18. The van der Waals surface area contributed by atoms with Crippen LogP contribution in [0.1, 0.15) is 25.0 Å². The highest BCUT2D eigenvalue weighted by molar-refractivity contribution is 6.18. The molecule has 0 saturated carbocycles. The first-order chi connectivity index (χ1) is 18.6. The number of benzene rings is 4. The smallest absolute Gasteiger partial charge is 0.215 e. The molecule has 0 bridgehead atoms. The van der Waals surface area contributed by atoms with Gasteiger partial charge in [-0.15, -0.1) is 0 Å². The van der Waals surface area contributed by atoms with E-state index in [9.17, 15) is 0 Å². The Bertz CT molecular complexity index is 1830. The lowest BCUT2D eigenvalue weighted by atomic mass is 9.82. The molecule has 3 heteroatoms. The molecule has 0 unspecified atom stereocenters. The Morgan fingerprint density at radius 1 is 0.737 bits per heavy atom. The third-order valence-electron chi connectivity index (χ3n) is 7.95. The first kappa shape index (κ1) is 22.6. The Morgan fingerprint density at radius 3 is 2.37 bits per heavy atom. The summed E-state index contributed by atoms with van der Waals surface area (Å²) >= 11 is 0. The van der Waals surface area contributed by atoms with Crippen molar-refractivity contribution in [3.8, 4) is 11.1 Å². The zero-order chi connectivity index (χ0) is 25.9. The number of aromatic nitrogens is 1. The summed E-state index contributed by atoms with van der Waals surface area (Å²) in [5.41, 5.74) is 9.50. The van der Waals surface area contributed by atoms with Crippen LogP contribution in [0.3, 0.4) is 0 Å². The molecule has 2 heterocycles. The summed E-state index contributed by atoms with van der Waals surface area (Å²) in [7, 11) is 0. The Hall–Kier alpha value is -4.63. The van der Waals surface area contributed by atoms with Crippen molar-refractivity contribution in [2.45, 2.75) is 19.3 Å². The minimum Gasteiger partial charge on any atom is -0.281 e. The number of aliphatic imine (C=N–C) groups is 1. The van der Waals surface area contributed by atoms with E-state index in [1.165, 1.54) is 33.0 Å². The van der Waals surface area contributed by atoms with Crippen molar-refractivity contribution < 1.29 is 0 Å². The summed E-state index contributed by atoms with van der Waals surface area (Å²) in [6, 6.07) is 32.7. The van der Waals surface area contributed by atoms with Crippen LogP contribution in [0.4, 0.5) is 5.69 Å². The van der Waals surface area contributed by atoms with Crippen molar-refractivity contribution in [1.82, 2.24) is 4.57 Å². The molecule has 0 radical (unpaired) electrons. The Labute approximate surface area is 223 Å². The number of para-hydroxylation sites is 2. The van der Waals surface area contributed by atoms with Gasteiger partial charge in [0, 0.05) is 27.6 Å². The van der Waals surface area contributed by atoms with Crippen LogP contribution in [0.25, 0.3) is 32.9 Å². The van der Waals surface area contributed by atoms with Gasteiger partial charge in [-0.05, 0) is 58.7 Å². The molecule has 0 amide bonds. The average molecular weight is 492 g/mol. The van der Waals surface area contributed by atoms with E-state index in [-0.39, 0.29) is 5.41 Å². The normalized spacial score (nSPS) is 19.3. The molecule has 3 nitrogen and oxygen atoms in total. The maximum absolute atomic E-state index is 5.18. The summed E-state index contributed by atoms with van der Waals surface area (Å²) < 4.78 is 2.32. The van der Waals surface area contributed by atoms with Gasteiger partial charge in [-0.3, -0.25) is 9.47 Å². The quantitative estimate of drug-likeness (QED) is 0.230. The average Bonchev–Trinajstić information content (AvgIpc) is 3.41. The molecule has 5 aromatic rings. The SMILES string of the molecule is C=C1/C=C\C=C/C/N=C(/n2c3ccccc3c3cc4c(cc32)-c2ccccc2C4(C)C)N1c1ccccc1. The molecule has 0 atom stereocenters. The molecular formula is C35H29N3. The highest BCUT2D eigenvalue weighted by Gasteiger charge is 2.36. The molecule has 0 saturated heterocycles. The summed E-state index contributed by atoms with van der Waals surface area (Å²) in [4.78, 5) is 7.35. The number of rotatable bonds is 1. The van der Waals surface area contributed by atoms with E-state index in [1.54, 1.807) is 0 Å². The topological polar surface area (TPSA) is 20.5 Å². The molecule has 1 aliphatic carbocycles. The van der Waals surface area contributed by atoms with Gasteiger partial charge in [0.15, 0.2) is 0 Å². The molecule has 184 valence electrons. The van der Waals surface area contributed by atoms with Gasteiger partial charge in [0.1, 0.15) is 0 Å². The van der Waals surface area contributed by atoms with Crippen LogP contribution in [-0.2, 0) is 5.41 Å². The zero-order valence-electron chi connectivity index (χ0n) is 21.7. The predicted molar refractivity (Wildman–Crippen MR) is 161 cm³/mol. The number of anilines is 1. The first-order valence-electron chi connectivity index (χ1n) is 13.2. The standard InChI is InChI=1S/C35H29N3/c1-24-14-6-5-13-21-36-34(37(24)25-15-7-4-8-16-25)38-32-20-12-10-18-27(32)29-22-31-28(23-33(29)38)26-17-9-11-19-30(26)35(31,2)3/h4-20,22-23H,1,21H2,2-3H3/b13-5-,14-6-,36-34+. The number of nitrogens with zero attached hydrogens (tertiary/aromatic N) is 3. The summed E-state index contributed by atoms with van der Waals surface area (Å²) in [6.45, 7) is 9.70. The lowest BCUT2D eigenvalue weighted by molar-refractivity contribution is 0.661. The van der Waals surface area contributed by atoms with Crippen LogP contribution in [0.15, 0.2) is 133 Å². The third kappa shape index (κ3) is 3.25. The first-order valence-corrected chi connectivity index (χ1v) is 13.2. The largest absolute Gasteiger partial charge is 0.281 e. The van der Waals surface area contributed by atoms with Gasteiger partial charge in [0.25, 0.3) is 0 Å². The number of hydrogen-bond acceptors (Lipinski definition) is 2. The minimum absolute atomic E-state index is 0.0566. The van der Waals surface area contributed by atoms with Gasteiger partial charge >= 0.3 is 0 Å². The molecule has 0 spiro atoms. The lowest BCUT2D eigenvalue weighted by Gasteiger charge is -2.28. The van der Waals surface area contributed by atoms with Crippen molar-refractivity contribution in [1.29, 1.82) is 0 Å². The monoisotopic (exact) mass is 491 g/mol. The van der Waals surface area contributed by atoms with Crippen molar-refractivity contribution in [2.24, 2.45) is 4.99 Å². The van der Waals surface area contributed by atoms with Crippen LogP contribution >= 0.6 is 0 Å². The van der Waals surface area contributed by atoms with E-state index in [1.807, 2.05) is 18.2 Å². The van der Waals surface area contributed by atoms with Gasteiger partial charge in [-0.2, -0.15) is 0 Å². The predicted octanol–water partition coefficient (Wildman–Crippen LogP) is 8.45. The van der Waals surface area contributed by atoms with E-state index < -0.39 is 0 Å². The molecule has 1 aliphatic heterocycles. The van der Waals surface area contributed by atoms with Crippen LogP contribution in [0, 0.1) is 0 Å². The van der Waals surface area contributed by atoms with Crippen LogP contribution in [0.2, 0.25) is 0 Å². The Morgan fingerprint density at radius 2 is 1.50 bits per heavy atom. The highest BCUT2D eigenvalue weighted by Crippen LogP contribution is 2.50. The fourth-order valence-corrected chi connectivity index (χ4v) is 6.12. The van der Waals surface area contributed by atoms with E-state index in [0.717, 1.165) is 28.4 Å². The van der Waals surface area contributed by atoms with E-state index in [0.29, 0.717) is 6.54 Å². The molecule has 4 aromatic carbocycles. The number of fused-ring (bicyclic) bond motifs is 6. The summed E-state index contributed by atoms with van der Waals surface area (Å²) in [6.07, 6.45) is 8.21. The summed E-state index contributed by atoms with van der Waals surface area (Å²) in [5.74, 6) is 0.842. The van der Waals surface area contributed by atoms with Crippen molar-refractivity contribution >= 4 is 33.5 Å². The van der Waals surface area contributed by atoms with Gasteiger partial charge in [-0.25, -0.2) is 4.99 Å². The van der Waals surface area contributed by atoms with E-state index in [2.05, 4.69) is 127 Å². The fraction of sp³-hybridized carbons (Fsp3) is 0.114. The minimum atomic E-state index is -0.0566. The Kier molecular flexibility index (Phi) is 5.02. The second-order valence-corrected chi connectivity index (χ2v) is 10.5. The van der Waals surface area contributed by atoms with Crippen LogP contribution < -0.4 is 4.90 Å². The second-order valence-electron chi connectivity index (χ2n) is 10.5. The van der Waals surface area contributed by atoms with Gasteiger partial charge in [0.2, 0.25) is 5.96 Å². The van der Waals surface area contributed by atoms with Crippen molar-refractivity contribution in [2.75, 3.05) is 11.4 Å². The van der Waals surface area contributed by atoms with Gasteiger partial charge < -0.3 is 0 Å². The zero-order valence-corrected chi connectivity index (χ0v) is 21.7. The van der Waals surface area contributed by atoms with Gasteiger partial charge in [-0.1, -0.05) is 99.3 Å². The Balaban J connectivity index is 1.58. The molecular weight excluding hydrogens is 462 g/mol. The van der Waals surface area contributed by atoms with E-state index in [4.69, 9.17) is 4.99 Å². The van der Waals surface area contributed by atoms with Crippen LogP contribution in [-0.4, -0.2) is 17.1 Å². The second kappa shape index (κ2) is 8.46. The number of allylic oxidation sites excluding steroid dienone is 3. The molecule has 2 aliphatic rings. The summed E-state index contributed by atoms with van der Waals surface area (Å²) in [5, 5.41) is 2.47.